The first-order valence-electron chi connectivity index (χ1n) is 6.23. The Bertz CT molecular complexity index is 341. The maximum absolute atomic E-state index is 13.3. The summed E-state index contributed by atoms with van der Waals surface area (Å²) in [4.78, 5) is 0. The lowest BCUT2D eigenvalue weighted by molar-refractivity contribution is 0.384. The van der Waals surface area contributed by atoms with Gasteiger partial charge in [0.2, 0.25) is 0 Å². The zero-order valence-electron chi connectivity index (χ0n) is 10.9. The van der Waals surface area contributed by atoms with Crippen molar-refractivity contribution >= 4 is 0 Å². The van der Waals surface area contributed by atoms with Crippen molar-refractivity contribution in [3.05, 3.63) is 29.6 Å². The molecule has 1 aromatic rings. The van der Waals surface area contributed by atoms with Gasteiger partial charge in [-0.2, -0.15) is 0 Å². The third-order valence-corrected chi connectivity index (χ3v) is 3.02. The highest BCUT2D eigenvalue weighted by molar-refractivity contribution is 5.32. The van der Waals surface area contributed by atoms with Crippen LogP contribution >= 0.6 is 0 Å². The molecule has 0 aromatic heterocycles. The lowest BCUT2D eigenvalue weighted by atomic mass is 10.0. The minimum absolute atomic E-state index is 0.274. The van der Waals surface area contributed by atoms with Crippen LogP contribution in [0.1, 0.15) is 44.2 Å². The van der Waals surface area contributed by atoms with E-state index in [9.17, 15) is 4.39 Å². The van der Waals surface area contributed by atoms with E-state index in [0.717, 1.165) is 12.0 Å². The van der Waals surface area contributed by atoms with E-state index in [1.165, 1.54) is 32.4 Å². The highest BCUT2D eigenvalue weighted by Crippen LogP contribution is 2.25. The van der Waals surface area contributed by atoms with Crippen LogP contribution in [0.5, 0.6) is 5.75 Å². The fourth-order valence-electron chi connectivity index (χ4n) is 1.97. The van der Waals surface area contributed by atoms with Gasteiger partial charge in [0.15, 0.2) is 11.6 Å². The molecule has 0 fully saturated rings. The minimum atomic E-state index is -0.306. The van der Waals surface area contributed by atoms with Gasteiger partial charge in [-0.25, -0.2) is 4.39 Å². The van der Waals surface area contributed by atoms with E-state index in [1.807, 2.05) is 13.1 Å². The van der Waals surface area contributed by atoms with E-state index in [1.54, 1.807) is 6.07 Å². The van der Waals surface area contributed by atoms with Crippen molar-refractivity contribution < 1.29 is 9.13 Å². The summed E-state index contributed by atoms with van der Waals surface area (Å²) in [7, 11) is 3.43. The number of hydrogen-bond donors (Lipinski definition) is 1. The molecule has 0 aliphatic carbocycles. The van der Waals surface area contributed by atoms with Crippen molar-refractivity contribution in [3.8, 4) is 5.75 Å². The van der Waals surface area contributed by atoms with Gasteiger partial charge in [0.25, 0.3) is 0 Å². The molecule has 0 spiro atoms. The lowest BCUT2D eigenvalue weighted by Crippen LogP contribution is -2.16. The number of ether oxygens (including phenoxy) is 1. The van der Waals surface area contributed by atoms with Crippen LogP contribution < -0.4 is 10.1 Å². The number of methoxy groups -OCH3 is 1. The average molecular weight is 239 g/mol. The zero-order chi connectivity index (χ0) is 12.7. The topological polar surface area (TPSA) is 21.3 Å². The van der Waals surface area contributed by atoms with Crippen LogP contribution in [0.15, 0.2) is 18.2 Å². The molecular formula is C14H22FNO. The summed E-state index contributed by atoms with van der Waals surface area (Å²) < 4.78 is 18.3. The molecule has 2 nitrogen and oxygen atoms in total. The first kappa shape index (κ1) is 14.0. The quantitative estimate of drug-likeness (QED) is 0.733. The molecule has 1 N–H and O–H groups in total. The molecule has 0 saturated heterocycles. The summed E-state index contributed by atoms with van der Waals surface area (Å²) in [5, 5.41) is 3.27. The maximum Gasteiger partial charge on any atom is 0.165 e. The van der Waals surface area contributed by atoms with Gasteiger partial charge in [-0.05, 0) is 31.2 Å². The molecule has 96 valence electrons. The monoisotopic (exact) mass is 239 g/mol. The Morgan fingerprint density at radius 2 is 2.12 bits per heavy atom. The lowest BCUT2D eigenvalue weighted by Gasteiger charge is -2.17. The number of halogens is 1. The van der Waals surface area contributed by atoms with Gasteiger partial charge in [-0.3, -0.25) is 0 Å². The predicted octanol–water partition coefficient (Wildman–Crippen LogP) is 3.68. The van der Waals surface area contributed by atoms with Crippen molar-refractivity contribution in [1.82, 2.24) is 5.32 Å². The highest BCUT2D eigenvalue weighted by atomic mass is 19.1. The van der Waals surface area contributed by atoms with Crippen molar-refractivity contribution in [2.75, 3.05) is 14.2 Å². The van der Waals surface area contributed by atoms with Gasteiger partial charge < -0.3 is 10.1 Å². The van der Waals surface area contributed by atoms with Gasteiger partial charge in [0, 0.05) is 6.04 Å². The minimum Gasteiger partial charge on any atom is -0.494 e. The molecule has 0 heterocycles. The SMILES string of the molecule is CCCCCC(NC)c1ccc(F)c(OC)c1. The van der Waals surface area contributed by atoms with E-state index in [0.29, 0.717) is 5.75 Å². The normalized spacial score (nSPS) is 12.5. The van der Waals surface area contributed by atoms with Crippen LogP contribution in [-0.2, 0) is 0 Å². The fourth-order valence-corrected chi connectivity index (χ4v) is 1.97. The third-order valence-electron chi connectivity index (χ3n) is 3.02. The Morgan fingerprint density at radius 3 is 2.71 bits per heavy atom. The van der Waals surface area contributed by atoms with E-state index in [2.05, 4.69) is 12.2 Å². The average Bonchev–Trinajstić information content (AvgIpc) is 2.36. The molecule has 0 amide bonds. The second-order valence-corrected chi connectivity index (χ2v) is 4.23. The molecule has 1 rings (SSSR count). The van der Waals surface area contributed by atoms with E-state index in [4.69, 9.17) is 4.74 Å². The molecule has 0 radical (unpaired) electrons. The van der Waals surface area contributed by atoms with Crippen LogP contribution in [-0.4, -0.2) is 14.2 Å². The fraction of sp³-hybridized carbons (Fsp3) is 0.571. The number of benzene rings is 1. The standard InChI is InChI=1S/C14H22FNO/c1-4-5-6-7-13(16-2)11-8-9-12(15)14(10-11)17-3/h8-10,13,16H,4-7H2,1-3H3. The van der Waals surface area contributed by atoms with Crippen molar-refractivity contribution in [1.29, 1.82) is 0 Å². The molecule has 1 unspecified atom stereocenters. The zero-order valence-corrected chi connectivity index (χ0v) is 10.9. The first-order chi connectivity index (χ1) is 8.22. The van der Waals surface area contributed by atoms with Gasteiger partial charge in [-0.1, -0.05) is 32.3 Å². The van der Waals surface area contributed by atoms with Crippen LogP contribution in [0.2, 0.25) is 0 Å². The molecule has 1 aromatic carbocycles. The summed E-state index contributed by atoms with van der Waals surface area (Å²) in [6.07, 6.45) is 4.69. The largest absolute Gasteiger partial charge is 0.494 e. The molecule has 17 heavy (non-hydrogen) atoms. The molecule has 0 aliphatic rings. The van der Waals surface area contributed by atoms with Crippen LogP contribution in [0.3, 0.4) is 0 Å². The van der Waals surface area contributed by atoms with Gasteiger partial charge >= 0.3 is 0 Å². The molecule has 0 saturated carbocycles. The Balaban J connectivity index is 2.73. The Kier molecular flexibility index (Phi) is 5.98. The second-order valence-electron chi connectivity index (χ2n) is 4.23. The Hall–Kier alpha value is -1.09. The van der Waals surface area contributed by atoms with E-state index >= 15 is 0 Å². The smallest absolute Gasteiger partial charge is 0.165 e. The summed E-state index contributed by atoms with van der Waals surface area (Å²) in [6, 6.07) is 5.35. The van der Waals surface area contributed by atoms with E-state index < -0.39 is 0 Å². The predicted molar refractivity (Wildman–Crippen MR) is 68.9 cm³/mol. The molecule has 3 heteroatoms. The van der Waals surface area contributed by atoms with Gasteiger partial charge in [0.05, 0.1) is 7.11 Å². The number of nitrogens with one attached hydrogen (secondary N) is 1. The molecule has 1 atom stereocenters. The first-order valence-corrected chi connectivity index (χ1v) is 6.23. The number of hydrogen-bond acceptors (Lipinski definition) is 2. The Morgan fingerprint density at radius 1 is 1.35 bits per heavy atom. The summed E-state index contributed by atoms with van der Waals surface area (Å²) in [5.74, 6) is 0.0119. The molecule has 0 aliphatic heterocycles. The van der Waals surface area contributed by atoms with E-state index in [-0.39, 0.29) is 11.9 Å². The number of unbranched alkanes of at least 4 members (excludes halogenated alkanes) is 2. The van der Waals surface area contributed by atoms with Crippen LogP contribution in [0.25, 0.3) is 0 Å². The third kappa shape index (κ3) is 4.00. The van der Waals surface area contributed by atoms with Crippen LogP contribution in [0, 0.1) is 5.82 Å². The molecular weight excluding hydrogens is 217 g/mol. The van der Waals surface area contributed by atoms with Crippen LogP contribution in [0.4, 0.5) is 4.39 Å². The van der Waals surface area contributed by atoms with Crippen molar-refractivity contribution in [2.24, 2.45) is 0 Å². The summed E-state index contributed by atoms with van der Waals surface area (Å²) >= 11 is 0. The van der Waals surface area contributed by atoms with Gasteiger partial charge in [0.1, 0.15) is 0 Å². The second kappa shape index (κ2) is 7.28. The van der Waals surface area contributed by atoms with Crippen molar-refractivity contribution in [3.63, 3.8) is 0 Å². The summed E-state index contributed by atoms with van der Waals surface area (Å²) in [5.41, 5.74) is 1.09. The highest BCUT2D eigenvalue weighted by Gasteiger charge is 2.11. The Labute approximate surface area is 103 Å². The van der Waals surface area contributed by atoms with Crippen molar-refractivity contribution in [2.45, 2.75) is 38.6 Å². The molecule has 0 bridgehead atoms. The number of rotatable bonds is 7. The van der Waals surface area contributed by atoms with Gasteiger partial charge in [-0.15, -0.1) is 0 Å². The summed E-state index contributed by atoms with van der Waals surface area (Å²) in [6.45, 7) is 2.19. The maximum atomic E-state index is 13.3.